The molecule has 0 radical (unpaired) electrons. The van der Waals surface area contributed by atoms with Crippen molar-refractivity contribution in [2.75, 3.05) is 0 Å². The second-order valence-electron chi connectivity index (χ2n) is 4.52. The summed E-state index contributed by atoms with van der Waals surface area (Å²) in [4.78, 5) is 24.8. The third kappa shape index (κ3) is 1.36. The van der Waals surface area contributed by atoms with Crippen molar-refractivity contribution in [3.05, 3.63) is 29.8 Å². The Hall–Kier alpha value is -1.88. The van der Waals surface area contributed by atoms with Crippen LogP contribution in [0.15, 0.2) is 24.3 Å². The Morgan fingerprint density at radius 1 is 1.18 bits per heavy atom. The molecule has 3 N–H and O–H groups in total. The Balaban J connectivity index is 1.82. The van der Waals surface area contributed by atoms with Crippen molar-refractivity contribution >= 4 is 11.8 Å². The molecule has 17 heavy (non-hydrogen) atoms. The van der Waals surface area contributed by atoms with E-state index < -0.39 is 0 Å². The number of aromatic hydroxyl groups is 1. The van der Waals surface area contributed by atoms with Crippen LogP contribution in [0.2, 0.25) is 0 Å². The van der Waals surface area contributed by atoms with Gasteiger partial charge < -0.3 is 10.8 Å². The topological polar surface area (TPSA) is 83.6 Å². The van der Waals surface area contributed by atoms with E-state index >= 15 is 0 Å². The van der Waals surface area contributed by atoms with Gasteiger partial charge in [0.05, 0.1) is 18.4 Å². The molecule has 1 saturated heterocycles. The molecule has 2 fully saturated rings. The van der Waals surface area contributed by atoms with E-state index in [4.69, 9.17) is 5.73 Å². The van der Waals surface area contributed by atoms with Gasteiger partial charge in [0.2, 0.25) is 11.8 Å². The first-order valence-corrected chi connectivity index (χ1v) is 5.49. The zero-order valence-electron chi connectivity index (χ0n) is 9.04. The number of nitrogens with zero attached hydrogens (tertiary/aromatic N) is 1. The number of phenols is 1. The minimum absolute atomic E-state index is 0.0953. The number of benzene rings is 1. The highest BCUT2D eigenvalue weighted by Crippen LogP contribution is 2.46. The second-order valence-corrected chi connectivity index (χ2v) is 4.52. The fourth-order valence-electron chi connectivity index (χ4n) is 2.41. The van der Waals surface area contributed by atoms with Crippen LogP contribution in [0.5, 0.6) is 5.75 Å². The van der Waals surface area contributed by atoms with Gasteiger partial charge in [-0.1, -0.05) is 18.2 Å². The normalized spacial score (nSPS) is 30.6. The number of amides is 2. The fraction of sp³-hybridized carbons (Fsp3) is 0.333. The number of nitrogens with two attached hydrogens (primary N) is 1. The Morgan fingerprint density at radius 2 is 1.76 bits per heavy atom. The summed E-state index contributed by atoms with van der Waals surface area (Å²) in [6.45, 7) is 0.129. The number of carbonyl (C=O) groups is 2. The SMILES string of the molecule is NC1C2C(=O)N(Cc3ccccc3O)C(=O)C12. The van der Waals surface area contributed by atoms with Crippen LogP contribution in [0, 0.1) is 11.8 Å². The molecule has 0 aromatic heterocycles. The minimum Gasteiger partial charge on any atom is -0.508 e. The molecule has 1 aromatic rings. The second kappa shape index (κ2) is 3.30. The van der Waals surface area contributed by atoms with Crippen molar-refractivity contribution in [1.82, 2.24) is 4.90 Å². The molecule has 1 aliphatic heterocycles. The number of hydrogen-bond acceptors (Lipinski definition) is 4. The molecule has 2 atom stereocenters. The van der Waals surface area contributed by atoms with Crippen molar-refractivity contribution in [2.45, 2.75) is 12.6 Å². The van der Waals surface area contributed by atoms with Gasteiger partial charge in [0.1, 0.15) is 5.75 Å². The van der Waals surface area contributed by atoms with Crippen LogP contribution in [0.3, 0.4) is 0 Å². The van der Waals surface area contributed by atoms with Gasteiger partial charge in [-0.25, -0.2) is 0 Å². The molecule has 0 bridgehead atoms. The number of rotatable bonds is 2. The molecule has 2 unspecified atom stereocenters. The fourth-order valence-corrected chi connectivity index (χ4v) is 2.41. The first kappa shape index (κ1) is 10.3. The van der Waals surface area contributed by atoms with Gasteiger partial charge in [0, 0.05) is 11.6 Å². The summed E-state index contributed by atoms with van der Waals surface area (Å²) in [6.07, 6.45) is 0. The number of para-hydroxylation sites is 1. The summed E-state index contributed by atoms with van der Waals surface area (Å²) in [5.74, 6) is -0.980. The van der Waals surface area contributed by atoms with Gasteiger partial charge in [-0.2, -0.15) is 0 Å². The predicted molar refractivity (Wildman–Crippen MR) is 58.6 cm³/mol. The van der Waals surface area contributed by atoms with Crippen LogP contribution in [0.25, 0.3) is 0 Å². The third-order valence-corrected chi connectivity index (χ3v) is 3.50. The molecule has 5 nitrogen and oxygen atoms in total. The molecule has 1 aliphatic carbocycles. The first-order chi connectivity index (χ1) is 8.11. The van der Waals surface area contributed by atoms with Gasteiger partial charge in [-0.3, -0.25) is 14.5 Å². The number of hydrogen-bond donors (Lipinski definition) is 2. The van der Waals surface area contributed by atoms with Crippen LogP contribution >= 0.6 is 0 Å². The highest BCUT2D eigenvalue weighted by atomic mass is 16.3. The smallest absolute Gasteiger partial charge is 0.235 e. The number of imide groups is 1. The summed E-state index contributed by atoms with van der Waals surface area (Å²) in [5, 5.41) is 9.60. The van der Waals surface area contributed by atoms with E-state index in [1.165, 1.54) is 11.0 Å². The predicted octanol–water partition coefficient (Wildman–Crippen LogP) is -0.166. The van der Waals surface area contributed by atoms with Gasteiger partial charge in [0.25, 0.3) is 0 Å². The van der Waals surface area contributed by atoms with Gasteiger partial charge in [-0.15, -0.1) is 0 Å². The lowest BCUT2D eigenvalue weighted by molar-refractivity contribution is -0.142. The highest BCUT2D eigenvalue weighted by molar-refractivity contribution is 6.10. The van der Waals surface area contributed by atoms with E-state index in [1.807, 2.05) is 0 Å². The summed E-state index contributed by atoms with van der Waals surface area (Å²) < 4.78 is 0. The maximum atomic E-state index is 11.8. The maximum Gasteiger partial charge on any atom is 0.235 e. The lowest BCUT2D eigenvalue weighted by Crippen LogP contribution is -2.36. The Bertz CT molecular complexity index is 492. The van der Waals surface area contributed by atoms with E-state index in [2.05, 4.69) is 0 Å². The summed E-state index contributed by atoms with van der Waals surface area (Å²) >= 11 is 0. The van der Waals surface area contributed by atoms with Crippen molar-refractivity contribution in [3.8, 4) is 5.75 Å². The molecule has 88 valence electrons. The van der Waals surface area contributed by atoms with Crippen molar-refractivity contribution < 1.29 is 14.7 Å². The van der Waals surface area contributed by atoms with Crippen molar-refractivity contribution in [2.24, 2.45) is 17.6 Å². The molecular formula is C12H12N2O3. The highest BCUT2D eigenvalue weighted by Gasteiger charge is 2.65. The lowest BCUT2D eigenvalue weighted by atomic mass is 10.2. The quantitative estimate of drug-likeness (QED) is 0.694. The molecule has 2 aliphatic rings. The van der Waals surface area contributed by atoms with Crippen molar-refractivity contribution in [3.63, 3.8) is 0 Å². The summed E-state index contributed by atoms with van der Waals surface area (Å²) in [6, 6.07) is 6.38. The first-order valence-electron chi connectivity index (χ1n) is 5.49. The van der Waals surface area contributed by atoms with E-state index in [0.717, 1.165) is 0 Å². The number of phenolic OH excluding ortho intramolecular Hbond substituents is 1. The van der Waals surface area contributed by atoms with Gasteiger partial charge in [-0.05, 0) is 6.07 Å². The maximum absolute atomic E-state index is 11.8. The zero-order valence-corrected chi connectivity index (χ0v) is 9.04. The number of piperidine rings is 1. The number of likely N-dealkylation sites (tertiary alicyclic amines) is 1. The van der Waals surface area contributed by atoms with Crippen molar-refractivity contribution in [1.29, 1.82) is 0 Å². The Morgan fingerprint density at radius 3 is 2.35 bits per heavy atom. The average molecular weight is 232 g/mol. The zero-order chi connectivity index (χ0) is 12.2. The molecule has 1 aromatic carbocycles. The molecule has 2 amide bonds. The molecule has 5 heteroatoms. The average Bonchev–Trinajstić information content (AvgIpc) is 2.90. The van der Waals surface area contributed by atoms with Crippen LogP contribution in [-0.2, 0) is 16.1 Å². The van der Waals surface area contributed by atoms with Gasteiger partial charge in [0.15, 0.2) is 0 Å². The Labute approximate surface area is 97.8 Å². The standard InChI is InChI=1S/C12H12N2O3/c13-10-8-9(10)12(17)14(11(8)16)5-6-3-1-2-4-7(6)15/h1-4,8-10,15H,5,13H2. The summed E-state index contributed by atoms with van der Waals surface area (Å²) in [7, 11) is 0. The molecule has 1 heterocycles. The van der Waals surface area contributed by atoms with Crippen LogP contribution in [0.1, 0.15) is 5.56 Å². The minimum atomic E-state index is -0.326. The van der Waals surface area contributed by atoms with Crippen LogP contribution in [-0.4, -0.2) is 27.9 Å². The molecule has 0 spiro atoms. The lowest BCUT2D eigenvalue weighted by Gasteiger charge is -2.18. The summed E-state index contributed by atoms with van der Waals surface area (Å²) in [5.41, 5.74) is 6.19. The number of fused-ring (bicyclic) bond motifs is 1. The number of carbonyl (C=O) groups excluding carboxylic acids is 2. The Kier molecular flexibility index (Phi) is 2.00. The molecular weight excluding hydrogens is 220 g/mol. The van der Waals surface area contributed by atoms with Crippen LogP contribution in [0.4, 0.5) is 0 Å². The van der Waals surface area contributed by atoms with Gasteiger partial charge >= 0.3 is 0 Å². The van der Waals surface area contributed by atoms with Crippen LogP contribution < -0.4 is 5.73 Å². The van der Waals surface area contributed by atoms with E-state index in [1.54, 1.807) is 18.2 Å². The van der Waals surface area contributed by atoms with E-state index in [0.29, 0.717) is 5.56 Å². The van der Waals surface area contributed by atoms with E-state index in [-0.39, 0.29) is 42.0 Å². The molecule has 3 rings (SSSR count). The monoisotopic (exact) mass is 232 g/mol. The van der Waals surface area contributed by atoms with E-state index in [9.17, 15) is 14.7 Å². The largest absolute Gasteiger partial charge is 0.508 e. The third-order valence-electron chi connectivity index (χ3n) is 3.50. The molecule has 1 saturated carbocycles.